The molecule has 0 saturated carbocycles. The Morgan fingerprint density at radius 3 is 2.12 bits per heavy atom. The Balaban J connectivity index is 2.75. The van der Waals surface area contributed by atoms with Crippen LogP contribution in [0.1, 0.15) is 12.8 Å². The Bertz CT molecular complexity index is 551. The molecule has 9 nitrogen and oxygen atoms in total. The number of hydrogen-bond acceptors (Lipinski definition) is 8. The minimum Gasteiger partial charge on any atom is -0.480 e. The summed E-state index contributed by atoms with van der Waals surface area (Å²) in [6.07, 6.45) is 0.943. The molecule has 4 unspecified atom stereocenters. The zero-order chi connectivity index (χ0) is 19.9. The molecule has 1 aliphatic heterocycles. The number of likely N-dealkylation sites (tertiary alicyclic amines) is 1. The molecule has 0 bridgehead atoms. The molecule has 4 atom stereocenters. The van der Waals surface area contributed by atoms with E-state index in [0.717, 1.165) is 0 Å². The third kappa shape index (κ3) is 5.96. The number of hydrogen-bond donors (Lipinski definition) is 7. The lowest BCUT2D eigenvalue weighted by Gasteiger charge is -2.27. The summed E-state index contributed by atoms with van der Waals surface area (Å²) in [4.78, 5) is 49.2. The van der Waals surface area contributed by atoms with Crippen LogP contribution in [0.25, 0.3) is 0 Å². The quantitative estimate of drug-likeness (QED) is 0.217. The van der Waals surface area contributed by atoms with Crippen LogP contribution in [0.2, 0.25) is 0 Å². The van der Waals surface area contributed by atoms with E-state index < -0.39 is 47.9 Å². The van der Waals surface area contributed by atoms with Gasteiger partial charge in [0.2, 0.25) is 17.7 Å². The van der Waals surface area contributed by atoms with Crippen molar-refractivity contribution in [3.8, 4) is 0 Å². The molecule has 148 valence electrons. The Kier molecular flexibility index (Phi) is 9.61. The van der Waals surface area contributed by atoms with Crippen molar-refractivity contribution in [2.75, 3.05) is 23.8 Å². The molecular formula is C14H24N4O5S3. The van der Waals surface area contributed by atoms with Gasteiger partial charge in [0.15, 0.2) is 0 Å². The molecule has 1 rings (SSSR count). The lowest BCUT2D eigenvalue weighted by molar-refractivity contribution is -0.149. The van der Waals surface area contributed by atoms with Crippen LogP contribution in [0.3, 0.4) is 0 Å². The number of aliphatic carboxylic acids is 1. The van der Waals surface area contributed by atoms with Crippen LogP contribution < -0.4 is 16.4 Å². The zero-order valence-corrected chi connectivity index (χ0v) is 16.7. The van der Waals surface area contributed by atoms with Gasteiger partial charge < -0.3 is 26.4 Å². The van der Waals surface area contributed by atoms with Gasteiger partial charge in [-0.2, -0.15) is 37.9 Å². The van der Waals surface area contributed by atoms with E-state index >= 15 is 0 Å². The molecule has 0 aromatic rings. The van der Waals surface area contributed by atoms with E-state index in [1.54, 1.807) is 0 Å². The fourth-order valence-corrected chi connectivity index (χ4v) is 3.17. The van der Waals surface area contributed by atoms with Gasteiger partial charge in [0.1, 0.15) is 18.1 Å². The standard InChI is InChI=1S/C14H24N4O5S3/c15-7(4-24)11(19)16-8(5-25)12(20)17-9(6-26)13(21)18-3-1-2-10(18)14(22)23/h7-10,24-26H,1-6,15H2,(H,16,19)(H,17,20)(H,22,23). The maximum atomic E-state index is 12.6. The van der Waals surface area contributed by atoms with Crippen molar-refractivity contribution in [3.05, 3.63) is 0 Å². The van der Waals surface area contributed by atoms with Crippen molar-refractivity contribution in [2.24, 2.45) is 5.73 Å². The van der Waals surface area contributed by atoms with Crippen molar-refractivity contribution < 1.29 is 24.3 Å². The molecule has 3 amide bonds. The van der Waals surface area contributed by atoms with E-state index in [2.05, 4.69) is 48.5 Å². The number of amides is 3. The average molecular weight is 425 g/mol. The van der Waals surface area contributed by atoms with Crippen LogP contribution >= 0.6 is 37.9 Å². The summed E-state index contributed by atoms with van der Waals surface area (Å²) in [5.74, 6) is -2.71. The lowest BCUT2D eigenvalue weighted by Crippen LogP contribution is -2.58. The highest BCUT2D eigenvalue weighted by atomic mass is 32.1. The van der Waals surface area contributed by atoms with Gasteiger partial charge in [0.25, 0.3) is 0 Å². The SMILES string of the molecule is NC(CS)C(=O)NC(CS)C(=O)NC(CS)C(=O)N1CCCC1C(=O)O. The van der Waals surface area contributed by atoms with Crippen LogP contribution in [-0.2, 0) is 19.2 Å². The van der Waals surface area contributed by atoms with Gasteiger partial charge in [0, 0.05) is 23.8 Å². The molecular weight excluding hydrogens is 400 g/mol. The molecule has 5 N–H and O–H groups in total. The van der Waals surface area contributed by atoms with Gasteiger partial charge in [-0.1, -0.05) is 0 Å². The smallest absolute Gasteiger partial charge is 0.326 e. The highest BCUT2D eigenvalue weighted by molar-refractivity contribution is 7.80. The van der Waals surface area contributed by atoms with Gasteiger partial charge in [-0.25, -0.2) is 4.79 Å². The molecule has 0 spiro atoms. The van der Waals surface area contributed by atoms with E-state index in [0.29, 0.717) is 19.4 Å². The maximum absolute atomic E-state index is 12.6. The second kappa shape index (κ2) is 10.9. The highest BCUT2D eigenvalue weighted by Gasteiger charge is 2.37. The third-order valence-electron chi connectivity index (χ3n) is 3.97. The molecule has 1 saturated heterocycles. The third-order valence-corrected chi connectivity index (χ3v) is 5.09. The predicted octanol–water partition coefficient (Wildman–Crippen LogP) is -1.85. The van der Waals surface area contributed by atoms with Gasteiger partial charge in [0.05, 0.1) is 6.04 Å². The summed E-state index contributed by atoms with van der Waals surface area (Å²) >= 11 is 12.0. The highest BCUT2D eigenvalue weighted by Crippen LogP contribution is 2.18. The van der Waals surface area contributed by atoms with Crippen LogP contribution in [0.4, 0.5) is 0 Å². The number of rotatable bonds is 9. The second-order valence-electron chi connectivity index (χ2n) is 5.80. The first-order valence-electron chi connectivity index (χ1n) is 7.99. The van der Waals surface area contributed by atoms with Crippen LogP contribution in [0, 0.1) is 0 Å². The number of carbonyl (C=O) groups is 4. The summed E-state index contributed by atoms with van der Waals surface area (Å²) < 4.78 is 0. The second-order valence-corrected chi connectivity index (χ2v) is 6.90. The summed E-state index contributed by atoms with van der Waals surface area (Å²) in [5, 5.41) is 14.1. The monoisotopic (exact) mass is 424 g/mol. The van der Waals surface area contributed by atoms with E-state index in [1.807, 2.05) is 0 Å². The van der Waals surface area contributed by atoms with E-state index in [1.165, 1.54) is 4.90 Å². The molecule has 26 heavy (non-hydrogen) atoms. The number of nitrogens with zero attached hydrogens (tertiary/aromatic N) is 1. The Morgan fingerprint density at radius 2 is 1.62 bits per heavy atom. The summed E-state index contributed by atoms with van der Waals surface area (Å²) in [6.45, 7) is 0.305. The van der Waals surface area contributed by atoms with Crippen LogP contribution in [0.5, 0.6) is 0 Å². The summed E-state index contributed by atoms with van der Waals surface area (Å²) in [7, 11) is 0. The summed E-state index contributed by atoms with van der Waals surface area (Å²) in [6, 6.07) is -3.79. The molecule has 1 heterocycles. The number of carboxylic acid groups (broad SMARTS) is 1. The van der Waals surface area contributed by atoms with Crippen molar-refractivity contribution in [1.82, 2.24) is 15.5 Å². The molecule has 1 fully saturated rings. The van der Waals surface area contributed by atoms with Crippen molar-refractivity contribution in [3.63, 3.8) is 0 Å². The molecule has 0 aromatic carbocycles. The van der Waals surface area contributed by atoms with Crippen molar-refractivity contribution in [1.29, 1.82) is 0 Å². The predicted molar refractivity (Wildman–Crippen MR) is 106 cm³/mol. The molecule has 0 aliphatic carbocycles. The minimum atomic E-state index is -1.08. The van der Waals surface area contributed by atoms with Gasteiger partial charge in [-0.3, -0.25) is 14.4 Å². The fraction of sp³-hybridized carbons (Fsp3) is 0.714. The minimum absolute atomic E-state index is 0.00812. The van der Waals surface area contributed by atoms with E-state index in [-0.39, 0.29) is 17.3 Å². The molecule has 0 aromatic heterocycles. The fourth-order valence-electron chi connectivity index (χ4n) is 2.50. The Morgan fingerprint density at radius 1 is 1.04 bits per heavy atom. The van der Waals surface area contributed by atoms with Crippen LogP contribution in [0.15, 0.2) is 0 Å². The normalized spacial score (nSPS) is 20.2. The number of carboxylic acids is 1. The zero-order valence-electron chi connectivity index (χ0n) is 14.0. The molecule has 1 aliphatic rings. The Hall–Kier alpha value is -1.11. The first-order chi connectivity index (χ1) is 12.3. The van der Waals surface area contributed by atoms with Gasteiger partial charge in [-0.05, 0) is 12.8 Å². The summed E-state index contributed by atoms with van der Waals surface area (Å²) in [5.41, 5.74) is 5.55. The molecule has 0 radical (unpaired) electrons. The van der Waals surface area contributed by atoms with Crippen LogP contribution in [-0.4, -0.2) is 81.7 Å². The molecule has 12 heteroatoms. The largest absolute Gasteiger partial charge is 0.480 e. The number of carbonyl (C=O) groups excluding carboxylic acids is 3. The van der Waals surface area contributed by atoms with Crippen molar-refractivity contribution >= 4 is 61.6 Å². The van der Waals surface area contributed by atoms with E-state index in [4.69, 9.17) is 5.73 Å². The van der Waals surface area contributed by atoms with Gasteiger partial charge >= 0.3 is 5.97 Å². The van der Waals surface area contributed by atoms with E-state index in [9.17, 15) is 24.3 Å². The maximum Gasteiger partial charge on any atom is 0.326 e. The van der Waals surface area contributed by atoms with Gasteiger partial charge in [-0.15, -0.1) is 0 Å². The first kappa shape index (κ1) is 22.9. The topological polar surface area (TPSA) is 142 Å². The Labute approximate surface area is 168 Å². The number of thiol groups is 3. The number of nitrogens with two attached hydrogens (primary N) is 1. The average Bonchev–Trinajstić information content (AvgIpc) is 3.12. The first-order valence-corrected chi connectivity index (χ1v) is 9.88. The lowest BCUT2D eigenvalue weighted by atomic mass is 10.2. The number of nitrogens with one attached hydrogen (secondary N) is 2. The van der Waals surface area contributed by atoms with Crippen molar-refractivity contribution in [2.45, 2.75) is 37.0 Å².